The van der Waals surface area contributed by atoms with E-state index in [0.29, 0.717) is 5.56 Å². The van der Waals surface area contributed by atoms with Gasteiger partial charge in [-0.1, -0.05) is 36.9 Å². The molecule has 0 saturated heterocycles. The smallest absolute Gasteiger partial charge is 0.335 e. The first-order valence-corrected chi connectivity index (χ1v) is 7.47. The Morgan fingerprint density at radius 1 is 0.885 bits per heavy atom. The second kappa shape index (κ2) is 9.36. The van der Waals surface area contributed by atoms with E-state index in [0.717, 1.165) is 21.3 Å². The normalized spacial score (nSPS) is 10.4. The maximum atomic E-state index is 12.7. The molecule has 8 heteroatoms. The fourth-order valence-electron chi connectivity index (χ4n) is 2.20. The zero-order chi connectivity index (χ0) is 19.7. The third kappa shape index (κ3) is 4.47. The molecule has 0 heterocycles. The molecule has 0 unspecified atom stereocenters. The van der Waals surface area contributed by atoms with E-state index < -0.39 is 35.7 Å². The van der Waals surface area contributed by atoms with Crippen molar-refractivity contribution in [3.8, 4) is 0 Å². The molecule has 0 saturated carbocycles. The molecular formula is C18H20O8. The Balaban J connectivity index is 3.20. The molecule has 0 radical (unpaired) electrons. The van der Waals surface area contributed by atoms with Crippen molar-refractivity contribution in [3.63, 3.8) is 0 Å². The van der Waals surface area contributed by atoms with Crippen molar-refractivity contribution in [2.45, 2.75) is 13.0 Å². The van der Waals surface area contributed by atoms with E-state index in [1.807, 2.05) is 0 Å². The summed E-state index contributed by atoms with van der Waals surface area (Å²) in [4.78, 5) is 48.9. The third-order valence-electron chi connectivity index (χ3n) is 3.58. The van der Waals surface area contributed by atoms with Crippen LogP contribution in [0.4, 0.5) is 0 Å². The zero-order valence-corrected chi connectivity index (χ0v) is 14.8. The second-order valence-electron chi connectivity index (χ2n) is 5.22. The number of hydrogen-bond donors (Lipinski definition) is 0. The molecule has 1 rings (SSSR count). The van der Waals surface area contributed by atoms with Crippen molar-refractivity contribution < 1.29 is 38.1 Å². The van der Waals surface area contributed by atoms with Gasteiger partial charge in [0.25, 0.3) is 5.41 Å². The Hall–Kier alpha value is -3.16. The molecule has 0 aromatic heterocycles. The Labute approximate surface area is 150 Å². The van der Waals surface area contributed by atoms with Crippen LogP contribution in [0.3, 0.4) is 0 Å². The van der Waals surface area contributed by atoms with Gasteiger partial charge in [0.05, 0.1) is 21.3 Å². The summed E-state index contributed by atoms with van der Waals surface area (Å²) in [5.74, 6) is -4.57. The molecule has 8 nitrogen and oxygen atoms in total. The molecule has 0 spiro atoms. The highest BCUT2D eigenvalue weighted by molar-refractivity contribution is 6.18. The van der Waals surface area contributed by atoms with E-state index in [4.69, 9.17) is 4.74 Å². The molecule has 1 aromatic rings. The number of methoxy groups -OCH3 is 3. The SMILES string of the molecule is C=C(CC(C(=O)OC)(C(=O)OC)C(=O)OCc1ccccc1)C(=O)OC. The Morgan fingerprint density at radius 2 is 1.42 bits per heavy atom. The van der Waals surface area contributed by atoms with Crippen LogP contribution in [0.5, 0.6) is 0 Å². The molecule has 0 N–H and O–H groups in total. The van der Waals surface area contributed by atoms with Gasteiger partial charge in [-0.25, -0.2) is 4.79 Å². The number of carbonyl (C=O) groups excluding carboxylic acids is 4. The summed E-state index contributed by atoms with van der Waals surface area (Å²) in [5, 5.41) is 0. The van der Waals surface area contributed by atoms with Crippen molar-refractivity contribution >= 4 is 23.9 Å². The van der Waals surface area contributed by atoms with Crippen molar-refractivity contribution in [1.29, 1.82) is 0 Å². The average molecular weight is 364 g/mol. The number of rotatable bonds is 8. The molecule has 0 fully saturated rings. The van der Waals surface area contributed by atoms with Crippen LogP contribution in [0.2, 0.25) is 0 Å². The van der Waals surface area contributed by atoms with Gasteiger partial charge in [-0.15, -0.1) is 0 Å². The third-order valence-corrected chi connectivity index (χ3v) is 3.58. The molecule has 0 aliphatic heterocycles. The Bertz CT molecular complexity index is 676. The van der Waals surface area contributed by atoms with Crippen molar-refractivity contribution in [3.05, 3.63) is 48.0 Å². The van der Waals surface area contributed by atoms with Gasteiger partial charge < -0.3 is 18.9 Å². The fraction of sp³-hybridized carbons (Fsp3) is 0.333. The van der Waals surface area contributed by atoms with Gasteiger partial charge in [-0.3, -0.25) is 14.4 Å². The lowest BCUT2D eigenvalue weighted by atomic mass is 9.81. The summed E-state index contributed by atoms with van der Waals surface area (Å²) in [5.41, 5.74) is -2.18. The van der Waals surface area contributed by atoms with Crippen LogP contribution < -0.4 is 0 Å². The number of carbonyl (C=O) groups is 4. The summed E-state index contributed by atoms with van der Waals surface area (Å²) in [7, 11) is 3.08. The van der Waals surface area contributed by atoms with Crippen LogP contribution in [0, 0.1) is 5.41 Å². The predicted molar refractivity (Wildman–Crippen MR) is 88.5 cm³/mol. The number of benzene rings is 1. The number of hydrogen-bond acceptors (Lipinski definition) is 8. The summed E-state index contributed by atoms with van der Waals surface area (Å²) in [6, 6.07) is 8.63. The predicted octanol–water partition coefficient (Wildman–Crippen LogP) is 1.18. The van der Waals surface area contributed by atoms with Crippen LogP contribution in [0.25, 0.3) is 0 Å². The minimum atomic E-state index is -2.52. The molecule has 1 aromatic carbocycles. The first-order chi connectivity index (χ1) is 12.3. The van der Waals surface area contributed by atoms with Crippen molar-refractivity contribution in [2.75, 3.05) is 21.3 Å². The highest BCUT2D eigenvalue weighted by Crippen LogP contribution is 2.32. The van der Waals surface area contributed by atoms with E-state index in [2.05, 4.69) is 20.8 Å². The largest absolute Gasteiger partial charge is 0.468 e. The Kier molecular flexibility index (Phi) is 7.52. The van der Waals surface area contributed by atoms with Gasteiger partial charge in [0.15, 0.2) is 0 Å². The summed E-state index contributed by atoms with van der Waals surface area (Å²) >= 11 is 0. The lowest BCUT2D eigenvalue weighted by molar-refractivity contribution is -0.182. The van der Waals surface area contributed by atoms with Gasteiger partial charge >= 0.3 is 23.9 Å². The second-order valence-corrected chi connectivity index (χ2v) is 5.22. The van der Waals surface area contributed by atoms with E-state index in [-0.39, 0.29) is 12.2 Å². The van der Waals surface area contributed by atoms with Crippen LogP contribution in [0.15, 0.2) is 42.5 Å². The number of esters is 4. The van der Waals surface area contributed by atoms with E-state index in [9.17, 15) is 19.2 Å². The van der Waals surface area contributed by atoms with Gasteiger partial charge in [-0.2, -0.15) is 0 Å². The molecule has 0 aliphatic rings. The fourth-order valence-corrected chi connectivity index (χ4v) is 2.20. The van der Waals surface area contributed by atoms with E-state index in [1.165, 1.54) is 0 Å². The average Bonchev–Trinajstić information content (AvgIpc) is 2.68. The molecule has 0 atom stereocenters. The van der Waals surface area contributed by atoms with Gasteiger partial charge in [0.2, 0.25) is 0 Å². The summed E-state index contributed by atoms with van der Waals surface area (Å²) < 4.78 is 18.8. The van der Waals surface area contributed by atoms with Gasteiger partial charge in [0.1, 0.15) is 6.61 Å². The van der Waals surface area contributed by atoms with Crippen LogP contribution in [-0.2, 0) is 44.7 Å². The lowest BCUT2D eigenvalue weighted by Crippen LogP contribution is -2.49. The first-order valence-electron chi connectivity index (χ1n) is 7.47. The van der Waals surface area contributed by atoms with Crippen molar-refractivity contribution in [2.24, 2.45) is 5.41 Å². The molecule has 26 heavy (non-hydrogen) atoms. The van der Waals surface area contributed by atoms with Crippen LogP contribution in [0.1, 0.15) is 12.0 Å². The monoisotopic (exact) mass is 364 g/mol. The standard InChI is InChI=1S/C18H20O8/c1-12(14(19)23-2)10-18(15(20)24-3,16(21)25-4)17(22)26-11-13-8-6-5-7-9-13/h5-9H,1,10-11H2,2-4H3. The van der Waals surface area contributed by atoms with Crippen molar-refractivity contribution in [1.82, 2.24) is 0 Å². The maximum absolute atomic E-state index is 12.7. The van der Waals surface area contributed by atoms with E-state index >= 15 is 0 Å². The highest BCUT2D eigenvalue weighted by Gasteiger charge is 2.58. The molecule has 0 bridgehead atoms. The first kappa shape index (κ1) is 20.9. The minimum absolute atomic E-state index is 0.194. The Morgan fingerprint density at radius 3 is 1.88 bits per heavy atom. The molecule has 0 aliphatic carbocycles. The molecule has 0 amide bonds. The maximum Gasteiger partial charge on any atom is 0.335 e. The van der Waals surface area contributed by atoms with Crippen LogP contribution in [-0.4, -0.2) is 45.2 Å². The highest BCUT2D eigenvalue weighted by atomic mass is 16.6. The zero-order valence-electron chi connectivity index (χ0n) is 14.8. The quantitative estimate of drug-likeness (QED) is 0.293. The number of ether oxygens (including phenoxy) is 4. The minimum Gasteiger partial charge on any atom is -0.468 e. The molecule has 140 valence electrons. The lowest BCUT2D eigenvalue weighted by Gasteiger charge is -2.26. The summed E-state index contributed by atoms with van der Waals surface area (Å²) in [6.45, 7) is 3.25. The topological polar surface area (TPSA) is 105 Å². The van der Waals surface area contributed by atoms with E-state index in [1.54, 1.807) is 30.3 Å². The molecular weight excluding hydrogens is 344 g/mol. The summed E-state index contributed by atoms with van der Waals surface area (Å²) in [6.07, 6.45) is -0.702. The van der Waals surface area contributed by atoms with Gasteiger partial charge in [0, 0.05) is 12.0 Å². The van der Waals surface area contributed by atoms with Crippen LogP contribution >= 0.6 is 0 Å². The van der Waals surface area contributed by atoms with Gasteiger partial charge in [-0.05, 0) is 5.56 Å².